The maximum atomic E-state index is 12.8. The first-order chi connectivity index (χ1) is 13.5. The Hall–Kier alpha value is -1.83. The maximum Gasteiger partial charge on any atom is 0.257 e. The molecule has 8 heteroatoms. The highest BCUT2D eigenvalue weighted by atomic mass is 35.5. The number of halogens is 1. The summed E-state index contributed by atoms with van der Waals surface area (Å²) in [5, 5.41) is 0.498. The Kier molecular flexibility index (Phi) is 5.49. The summed E-state index contributed by atoms with van der Waals surface area (Å²) in [6.07, 6.45) is 1.30. The third-order valence-corrected chi connectivity index (χ3v) is 5.99. The van der Waals surface area contributed by atoms with E-state index >= 15 is 0 Å². The van der Waals surface area contributed by atoms with E-state index in [0.717, 1.165) is 6.42 Å². The molecule has 1 aromatic carbocycles. The fourth-order valence-electron chi connectivity index (χ4n) is 4.29. The van der Waals surface area contributed by atoms with Gasteiger partial charge in [0.2, 0.25) is 5.91 Å². The lowest BCUT2D eigenvalue weighted by molar-refractivity contribution is -0.136. The number of carbonyl (C=O) groups is 2. The molecule has 0 saturated carbocycles. The molecule has 1 spiro atoms. The van der Waals surface area contributed by atoms with Gasteiger partial charge in [-0.15, -0.1) is 0 Å². The summed E-state index contributed by atoms with van der Waals surface area (Å²) in [7, 11) is 1.54. The number of rotatable bonds is 4. The van der Waals surface area contributed by atoms with Crippen molar-refractivity contribution in [3.8, 4) is 5.75 Å². The highest BCUT2D eigenvalue weighted by Crippen LogP contribution is 2.40. The van der Waals surface area contributed by atoms with E-state index in [2.05, 4.69) is 0 Å². The van der Waals surface area contributed by atoms with Crippen LogP contribution in [-0.2, 0) is 14.3 Å². The van der Waals surface area contributed by atoms with E-state index in [9.17, 15) is 9.59 Å². The molecule has 0 radical (unpaired) electrons. The van der Waals surface area contributed by atoms with E-state index in [4.69, 9.17) is 25.8 Å². The normalized spacial score (nSPS) is 23.6. The van der Waals surface area contributed by atoms with Crippen LogP contribution in [-0.4, -0.2) is 80.3 Å². The number of amides is 2. The van der Waals surface area contributed by atoms with Crippen molar-refractivity contribution in [1.82, 2.24) is 9.80 Å². The first-order valence-electron chi connectivity index (χ1n) is 9.62. The van der Waals surface area contributed by atoms with Crippen molar-refractivity contribution < 1.29 is 23.8 Å². The van der Waals surface area contributed by atoms with Crippen LogP contribution in [0.3, 0.4) is 0 Å². The summed E-state index contributed by atoms with van der Waals surface area (Å²) in [4.78, 5) is 28.9. The highest BCUT2D eigenvalue weighted by Gasteiger charge is 2.51. The maximum absolute atomic E-state index is 12.8. The molecule has 7 nitrogen and oxygen atoms in total. The van der Waals surface area contributed by atoms with Crippen LogP contribution in [0, 0.1) is 5.92 Å². The topological polar surface area (TPSA) is 68.3 Å². The monoisotopic (exact) mass is 408 g/mol. The number of hydrogen-bond donors (Lipinski definition) is 0. The third kappa shape index (κ3) is 3.83. The van der Waals surface area contributed by atoms with E-state index in [0.29, 0.717) is 68.8 Å². The van der Waals surface area contributed by atoms with Gasteiger partial charge in [0, 0.05) is 24.5 Å². The van der Waals surface area contributed by atoms with Crippen LogP contribution in [0.25, 0.3) is 0 Å². The number of hydrogen-bond acceptors (Lipinski definition) is 5. The third-order valence-electron chi connectivity index (χ3n) is 5.75. The minimum absolute atomic E-state index is 0.110. The lowest BCUT2D eigenvalue weighted by Crippen LogP contribution is -2.63. The van der Waals surface area contributed by atoms with Crippen molar-refractivity contribution >= 4 is 23.4 Å². The number of methoxy groups -OCH3 is 1. The summed E-state index contributed by atoms with van der Waals surface area (Å²) < 4.78 is 16.6. The average Bonchev–Trinajstić information content (AvgIpc) is 3.11. The Morgan fingerprint density at radius 1 is 1.25 bits per heavy atom. The predicted octanol–water partition coefficient (Wildman–Crippen LogP) is 1.83. The molecule has 2 amide bonds. The van der Waals surface area contributed by atoms with Crippen LogP contribution in [0.2, 0.25) is 5.02 Å². The molecule has 4 rings (SSSR count). The van der Waals surface area contributed by atoms with Gasteiger partial charge in [0.05, 0.1) is 45.6 Å². The number of nitrogens with zero attached hydrogens (tertiary/aromatic N) is 2. The number of likely N-dealkylation sites (tertiary alicyclic amines) is 1. The number of carbonyl (C=O) groups excluding carboxylic acids is 2. The molecule has 3 saturated heterocycles. The molecule has 3 aliphatic heterocycles. The molecule has 0 bridgehead atoms. The van der Waals surface area contributed by atoms with Crippen LogP contribution in [0.4, 0.5) is 0 Å². The molecule has 1 atom stereocenters. The Morgan fingerprint density at radius 3 is 2.71 bits per heavy atom. The molecule has 0 aromatic heterocycles. The van der Waals surface area contributed by atoms with Gasteiger partial charge in [0.25, 0.3) is 5.91 Å². The van der Waals surface area contributed by atoms with Crippen molar-refractivity contribution in [3.05, 3.63) is 28.8 Å². The van der Waals surface area contributed by atoms with Gasteiger partial charge in [0.1, 0.15) is 11.4 Å². The Morgan fingerprint density at radius 2 is 2.00 bits per heavy atom. The zero-order valence-electron chi connectivity index (χ0n) is 16.0. The van der Waals surface area contributed by atoms with Gasteiger partial charge in [-0.1, -0.05) is 11.6 Å². The van der Waals surface area contributed by atoms with Gasteiger partial charge in [-0.3, -0.25) is 9.59 Å². The van der Waals surface area contributed by atoms with Crippen LogP contribution in [0.15, 0.2) is 18.2 Å². The van der Waals surface area contributed by atoms with Gasteiger partial charge >= 0.3 is 0 Å². The quantitative estimate of drug-likeness (QED) is 0.760. The zero-order chi connectivity index (χ0) is 19.7. The van der Waals surface area contributed by atoms with Crippen molar-refractivity contribution in [2.24, 2.45) is 5.92 Å². The second kappa shape index (κ2) is 7.89. The summed E-state index contributed by atoms with van der Waals surface area (Å²) in [5.41, 5.74) is 0.138. The highest BCUT2D eigenvalue weighted by molar-refractivity contribution is 6.31. The van der Waals surface area contributed by atoms with Crippen molar-refractivity contribution in [2.75, 3.05) is 53.1 Å². The standard InChI is InChI=1S/C20H25ClN2O5/c1-26-17-3-2-15(21)9-16(17)19(25)23-12-20(13-23)10-14(11-28-20)8-18(24)22-4-6-27-7-5-22/h2-3,9,14H,4-8,10-13H2,1H3. The Labute approximate surface area is 169 Å². The van der Waals surface area contributed by atoms with Gasteiger partial charge in [-0.25, -0.2) is 0 Å². The molecule has 0 N–H and O–H groups in total. The SMILES string of the molecule is COc1ccc(Cl)cc1C(=O)N1CC2(CC(CC(=O)N3CCOCC3)CO2)C1. The Bertz CT molecular complexity index is 759. The second-order valence-electron chi connectivity index (χ2n) is 7.77. The molecule has 1 unspecified atom stereocenters. The van der Waals surface area contributed by atoms with Crippen molar-refractivity contribution in [1.29, 1.82) is 0 Å². The fourth-order valence-corrected chi connectivity index (χ4v) is 4.46. The lowest BCUT2D eigenvalue weighted by Gasteiger charge is -2.47. The molecule has 3 fully saturated rings. The van der Waals surface area contributed by atoms with E-state index in [1.165, 1.54) is 7.11 Å². The molecule has 3 heterocycles. The number of benzene rings is 1. The molecule has 3 aliphatic rings. The summed E-state index contributed by atoms with van der Waals surface area (Å²) >= 11 is 6.04. The van der Waals surface area contributed by atoms with E-state index in [1.807, 2.05) is 4.90 Å². The summed E-state index contributed by atoms with van der Waals surface area (Å²) in [5.74, 6) is 0.774. The summed E-state index contributed by atoms with van der Waals surface area (Å²) in [6.45, 7) is 4.19. The van der Waals surface area contributed by atoms with Crippen LogP contribution >= 0.6 is 11.6 Å². The van der Waals surface area contributed by atoms with E-state index < -0.39 is 0 Å². The van der Waals surface area contributed by atoms with Gasteiger partial charge in [0.15, 0.2) is 0 Å². The lowest BCUT2D eigenvalue weighted by atomic mass is 9.85. The smallest absolute Gasteiger partial charge is 0.257 e. The van der Waals surface area contributed by atoms with Crippen LogP contribution in [0.5, 0.6) is 5.75 Å². The van der Waals surface area contributed by atoms with E-state index in [-0.39, 0.29) is 23.3 Å². The first kappa shape index (κ1) is 19.5. The molecule has 1 aromatic rings. The van der Waals surface area contributed by atoms with Crippen molar-refractivity contribution in [3.63, 3.8) is 0 Å². The number of morpholine rings is 1. The van der Waals surface area contributed by atoms with Crippen LogP contribution in [0.1, 0.15) is 23.2 Å². The molecule has 152 valence electrons. The summed E-state index contributed by atoms with van der Waals surface area (Å²) in [6, 6.07) is 5.03. The van der Waals surface area contributed by atoms with Crippen molar-refractivity contribution in [2.45, 2.75) is 18.4 Å². The molecule has 0 aliphatic carbocycles. The molecular formula is C20H25ClN2O5. The van der Waals surface area contributed by atoms with Gasteiger partial charge < -0.3 is 24.0 Å². The zero-order valence-corrected chi connectivity index (χ0v) is 16.7. The van der Waals surface area contributed by atoms with Crippen LogP contribution < -0.4 is 4.74 Å². The van der Waals surface area contributed by atoms with E-state index in [1.54, 1.807) is 23.1 Å². The van der Waals surface area contributed by atoms with Gasteiger partial charge in [-0.2, -0.15) is 0 Å². The number of ether oxygens (including phenoxy) is 3. The minimum Gasteiger partial charge on any atom is -0.496 e. The molecule has 28 heavy (non-hydrogen) atoms. The second-order valence-corrected chi connectivity index (χ2v) is 8.20. The molecular weight excluding hydrogens is 384 g/mol. The average molecular weight is 409 g/mol. The Balaban J connectivity index is 1.32. The fraction of sp³-hybridized carbons (Fsp3) is 0.600. The van der Waals surface area contributed by atoms with Gasteiger partial charge in [-0.05, 0) is 30.5 Å². The largest absolute Gasteiger partial charge is 0.496 e. The first-order valence-corrected chi connectivity index (χ1v) is 10.00. The minimum atomic E-state index is -0.322. The predicted molar refractivity (Wildman–Crippen MR) is 103 cm³/mol.